The summed E-state index contributed by atoms with van der Waals surface area (Å²) in [6.07, 6.45) is 2.24. The van der Waals surface area contributed by atoms with Crippen LogP contribution in [0.15, 0.2) is 151 Å². The van der Waals surface area contributed by atoms with Crippen LogP contribution in [0.2, 0.25) is 0 Å². The number of phosphoric acid groups is 1. The molecule has 4 fully saturated rings. The summed E-state index contributed by atoms with van der Waals surface area (Å²) in [7, 11) is -9.51. The molecule has 14 aromatic rings. The first-order valence-electron chi connectivity index (χ1n) is 50.0. The van der Waals surface area contributed by atoms with E-state index in [2.05, 4.69) is 156 Å². The molecule has 4 saturated carbocycles. The van der Waals surface area contributed by atoms with E-state index in [-0.39, 0.29) is 114 Å². The van der Waals surface area contributed by atoms with Crippen molar-refractivity contribution in [2.45, 2.75) is 271 Å². The summed E-state index contributed by atoms with van der Waals surface area (Å²) in [5.74, 6) is 4.39. The van der Waals surface area contributed by atoms with Crippen molar-refractivity contribution in [2.75, 3.05) is 87.7 Å². The SMILES string of the molecule is CCOc1cc(C(C)(C)C)c2nc(-c3nnc(NC4CC(CF)(OP(=O)(O)O)C4)o3)cc(C)c2c1.CCOc1cc(C(C)(C)C)c2nc(-c3nnc(NC4CC(CF)(OP(C)(=O)OCc5ccccc5)C4)o3)cc(C)c2c1.CCOc1cc(C(C)(C)C)c2nc(-c3nnc(NC4CC(CF)(OP(C)OCc5ccccc5)C4)o3)cc(C)c2c1.CCOc1cc(C(C)(C)C)c2nc(-c3nnc(NC4CC(O)(CF)C4)o3)cc(C)c2c1. The van der Waals surface area contributed by atoms with Crippen molar-refractivity contribution in [3.63, 3.8) is 0 Å². The van der Waals surface area contributed by atoms with Crippen LogP contribution < -0.4 is 40.2 Å². The van der Waals surface area contributed by atoms with Crippen molar-refractivity contribution in [1.29, 1.82) is 0 Å². The van der Waals surface area contributed by atoms with Gasteiger partial charge in [-0.3, -0.25) is 13.6 Å². The van der Waals surface area contributed by atoms with Gasteiger partial charge in [0.25, 0.3) is 23.6 Å². The number of phosphoric ester groups is 1. The molecule has 0 radical (unpaired) electrons. The van der Waals surface area contributed by atoms with E-state index in [1.165, 1.54) is 6.66 Å². The minimum Gasteiger partial charge on any atom is -0.494 e. The molecule has 0 spiro atoms. The normalized spacial score (nSPS) is 20.4. The number of ether oxygens (including phenoxy) is 4. The zero-order valence-electron chi connectivity index (χ0n) is 88.4. The van der Waals surface area contributed by atoms with Gasteiger partial charge in [-0.15, -0.1) is 20.4 Å². The molecule has 7 N–H and O–H groups in total. The number of pyridine rings is 4. The largest absolute Gasteiger partial charge is 0.494 e. The Morgan fingerprint density at radius 1 is 0.389 bits per heavy atom. The Hall–Kier alpha value is -11.8. The van der Waals surface area contributed by atoms with Gasteiger partial charge in [0.2, 0.25) is 0 Å². The van der Waals surface area contributed by atoms with E-state index in [4.69, 9.17) is 84.4 Å². The number of hydrogen-bond acceptors (Lipinski definition) is 32. The lowest BCUT2D eigenvalue weighted by Crippen LogP contribution is -2.53. The third-order valence-electron chi connectivity index (χ3n) is 26.2. The summed E-state index contributed by atoms with van der Waals surface area (Å²) >= 11 is 0. The van der Waals surface area contributed by atoms with E-state index in [1.54, 1.807) is 0 Å². The number of alkyl halides is 4. The van der Waals surface area contributed by atoms with Crippen molar-refractivity contribution in [3.8, 4) is 69.3 Å². The second-order valence-electron chi connectivity index (χ2n) is 42.9. The van der Waals surface area contributed by atoms with E-state index >= 15 is 0 Å². The lowest BCUT2D eigenvalue weighted by atomic mass is 9.77. The van der Waals surface area contributed by atoms with Gasteiger partial charge in [-0.25, -0.2) is 42.1 Å². The lowest BCUT2D eigenvalue weighted by Gasteiger charge is -2.46. The first-order valence-corrected chi connectivity index (χ1v) is 55.1. The molecule has 8 aromatic heterocycles. The summed E-state index contributed by atoms with van der Waals surface area (Å²) in [4.78, 5) is 37.6. The van der Waals surface area contributed by atoms with Gasteiger partial charge in [0.1, 0.15) is 89.3 Å². The van der Waals surface area contributed by atoms with Crippen molar-refractivity contribution in [2.24, 2.45) is 0 Å². The van der Waals surface area contributed by atoms with Crippen LogP contribution in [-0.2, 0) is 66.6 Å². The summed E-state index contributed by atoms with van der Waals surface area (Å²) in [5, 5.41) is 59.4. The van der Waals surface area contributed by atoms with E-state index in [0.29, 0.717) is 93.3 Å². The minimum atomic E-state index is -4.80. The molecule has 0 bridgehead atoms. The standard InChI is InChI=1S/C31H38FN4O5P.C31H38FN4O4P.C23H30FN4O6P.C23H29FN4O3/c1-7-38-23-14-24-20(2)13-26(34-27(24)25(15-23)30(3,4)5)28-35-36-29(40-28)33-22-16-31(17-22,19-32)41-42(6,37)39-18-21-11-9-8-10-12-21;1-7-37-23-14-24-20(2)13-26(34-27(24)25(15-23)30(3,4)5)28-35-36-29(39-28)33-22-16-31(17-22,19-32)40-41(6)38-18-21-11-9-8-10-12-21;1-6-32-15-8-16-13(2)7-18(26-19(16)17(9-15)22(3,4)5)20-27-28-21(33-20)25-14-10-23(11-14,12-24)34-35(29,30)31;1-6-30-15-8-16-13(2)7-18(26-19(16)17(9-15)22(3,4)5)20-27-28-21(31-20)25-14-10-23(29,11-14)12-24/h8-15,22H,7,16-19H2,1-6H3,(H,33,36);8-15,22H,7,16-19H2,1-6H3,(H,33,36);7-9,14H,6,10-12H2,1-5H3,(H,25,28)(H2,29,30,31);7-9,14,29H,6,10-12H2,1-5H3,(H,25,28). The molecule has 0 saturated heterocycles. The van der Waals surface area contributed by atoms with Gasteiger partial charge < -0.3 is 86.3 Å². The molecule has 34 nitrogen and oxygen atoms in total. The quantitative estimate of drug-likeness (QED) is 0.0142. The second-order valence-corrected chi connectivity index (χ2v) is 47.4. The second kappa shape index (κ2) is 45.4. The fraction of sp³-hybridized carbons (Fsp3) is 0.481. The number of aliphatic hydroxyl groups is 1. The Balaban J connectivity index is 0.000000150. The Morgan fingerprint density at radius 2 is 0.664 bits per heavy atom. The highest BCUT2D eigenvalue weighted by Gasteiger charge is 2.53. The van der Waals surface area contributed by atoms with Crippen LogP contribution in [0.4, 0.5) is 41.6 Å². The van der Waals surface area contributed by atoms with Gasteiger partial charge in [-0.05, 0) is 244 Å². The van der Waals surface area contributed by atoms with Crippen LogP contribution in [0.3, 0.4) is 0 Å². The molecule has 41 heteroatoms. The van der Waals surface area contributed by atoms with Gasteiger partial charge in [0.15, 0.2) is 8.38 Å². The molecule has 4 aliphatic rings. The topological polar surface area (TPSA) is 433 Å². The summed E-state index contributed by atoms with van der Waals surface area (Å²) < 4.78 is 153. The van der Waals surface area contributed by atoms with Gasteiger partial charge in [0, 0.05) is 71.9 Å². The van der Waals surface area contributed by atoms with E-state index in [0.717, 1.165) is 122 Å². The number of fused-ring (bicyclic) bond motifs is 4. The van der Waals surface area contributed by atoms with Crippen LogP contribution in [0.1, 0.15) is 218 Å². The van der Waals surface area contributed by atoms with Crippen LogP contribution in [0.25, 0.3) is 90.0 Å². The maximum atomic E-state index is 14.1. The maximum Gasteiger partial charge on any atom is 0.470 e. The first kappa shape index (κ1) is 111. The highest BCUT2D eigenvalue weighted by molar-refractivity contribution is 7.53. The molecule has 0 amide bonds. The molecule has 18 rings (SSSR count). The summed E-state index contributed by atoms with van der Waals surface area (Å²) in [6, 6.07) is 43.2. The summed E-state index contributed by atoms with van der Waals surface area (Å²) in [6.45, 7) is 44.6. The Labute approximate surface area is 865 Å². The van der Waals surface area contributed by atoms with Crippen LogP contribution >= 0.6 is 23.8 Å². The number of anilines is 4. The average molecular weight is 2110 g/mol. The molecule has 4 aliphatic carbocycles. The molecular weight excluding hydrogens is 1980 g/mol. The fourth-order valence-electron chi connectivity index (χ4n) is 18.8. The number of rotatable bonds is 36. The maximum absolute atomic E-state index is 14.1. The summed E-state index contributed by atoms with van der Waals surface area (Å²) in [5.41, 5.74) is 10.5. The van der Waals surface area contributed by atoms with E-state index in [1.807, 2.05) is 189 Å². The first-order chi connectivity index (χ1) is 70.4. The van der Waals surface area contributed by atoms with Gasteiger partial charge in [-0.2, -0.15) is 0 Å². The Bertz CT molecular complexity index is 7130. The third-order valence-corrected chi connectivity index (χ3v) is 29.3. The zero-order chi connectivity index (χ0) is 107. The van der Waals surface area contributed by atoms with Crippen molar-refractivity contribution in [3.05, 3.63) is 189 Å². The molecule has 2 unspecified atom stereocenters. The molecule has 6 aromatic carbocycles. The molecule has 0 aliphatic heterocycles. The molecule has 149 heavy (non-hydrogen) atoms. The number of nitrogens with zero attached hydrogens (tertiary/aromatic N) is 12. The lowest BCUT2D eigenvalue weighted by molar-refractivity contribution is -0.0593. The van der Waals surface area contributed by atoms with Crippen molar-refractivity contribution in [1.82, 2.24) is 60.7 Å². The monoisotopic (exact) mass is 2110 g/mol. The van der Waals surface area contributed by atoms with E-state index < -0.39 is 72.9 Å². The average Bonchev–Trinajstić information content (AvgIpc) is 1.74. The smallest absolute Gasteiger partial charge is 0.470 e. The highest BCUT2D eigenvalue weighted by Crippen LogP contribution is 2.56. The Kier molecular flexibility index (Phi) is 33.9. The molecule has 2 atom stereocenters. The molecule has 8 heterocycles. The fourth-order valence-corrected chi connectivity index (χ4v) is 21.9. The van der Waals surface area contributed by atoms with Crippen molar-refractivity contribution < 1.29 is 101 Å². The molecule has 798 valence electrons. The number of hydrogen-bond donors (Lipinski definition) is 7. The van der Waals surface area contributed by atoms with Crippen LogP contribution in [-0.4, -0.2) is 189 Å². The number of aryl methyl sites for hydroxylation is 4. The predicted molar refractivity (Wildman–Crippen MR) is 566 cm³/mol. The Morgan fingerprint density at radius 3 is 0.933 bits per heavy atom. The van der Waals surface area contributed by atoms with Crippen LogP contribution in [0.5, 0.6) is 23.0 Å². The van der Waals surface area contributed by atoms with Gasteiger partial charge >= 0.3 is 39.5 Å². The van der Waals surface area contributed by atoms with Gasteiger partial charge in [-0.1, -0.05) is 164 Å². The highest BCUT2D eigenvalue weighted by atomic mass is 31.2. The molecular formula is C108H135F4N16O18P3. The van der Waals surface area contributed by atoms with Crippen LogP contribution in [0, 0.1) is 27.7 Å². The number of halogens is 4. The number of nitrogens with one attached hydrogen (secondary N) is 4. The van der Waals surface area contributed by atoms with Gasteiger partial charge in [0.05, 0.1) is 67.3 Å². The minimum absolute atomic E-state index is 0.0487. The number of benzene rings is 6. The zero-order valence-corrected chi connectivity index (χ0v) is 91.1. The number of aromatic nitrogens is 12. The predicted octanol–water partition coefficient (Wildman–Crippen LogP) is 24.6. The van der Waals surface area contributed by atoms with Crippen molar-refractivity contribution >= 4 is 91.5 Å². The third kappa shape index (κ3) is 27.2. The van der Waals surface area contributed by atoms with E-state index in [9.17, 15) is 31.8 Å².